The molecular formula is C15H12Cl2F2N2O2. The first-order valence-electron chi connectivity index (χ1n) is 6.44. The van der Waals surface area contributed by atoms with E-state index in [0.29, 0.717) is 5.69 Å². The molecule has 0 aromatic heterocycles. The van der Waals surface area contributed by atoms with E-state index in [1.807, 2.05) is 0 Å². The number of fused-ring (bicyclic) bond motifs is 1. The van der Waals surface area contributed by atoms with Crippen LogP contribution in [0.15, 0.2) is 30.3 Å². The number of nitrogens with two attached hydrogens (primary N) is 1. The molecule has 0 saturated carbocycles. The van der Waals surface area contributed by atoms with E-state index in [2.05, 4.69) is 5.32 Å². The molecule has 2 aromatic carbocycles. The van der Waals surface area contributed by atoms with E-state index in [9.17, 15) is 13.6 Å². The molecule has 2 aromatic rings. The fourth-order valence-electron chi connectivity index (χ4n) is 2.28. The van der Waals surface area contributed by atoms with Crippen LogP contribution in [-0.2, 0) is 0 Å². The summed E-state index contributed by atoms with van der Waals surface area (Å²) in [5.41, 5.74) is 6.41. The molecule has 8 heteroatoms. The molecule has 0 saturated heterocycles. The van der Waals surface area contributed by atoms with E-state index < -0.39 is 23.6 Å². The highest BCUT2D eigenvalue weighted by Gasteiger charge is 2.29. The molecule has 1 amide bonds. The average molecular weight is 361 g/mol. The molecule has 3 N–H and O–H groups in total. The standard InChI is InChI=1S/C15H11ClF2N2O2.ClH/c16-9-5-7(1-3-10(9)17)20-15(21)8-2-4-11(18)13-12(19)6-22-14(8)13;/h1-5,12H,6,19H2,(H,20,21);1H. The van der Waals surface area contributed by atoms with Crippen molar-refractivity contribution in [1.82, 2.24) is 0 Å². The van der Waals surface area contributed by atoms with Gasteiger partial charge in [-0.15, -0.1) is 12.4 Å². The zero-order valence-corrected chi connectivity index (χ0v) is 13.2. The van der Waals surface area contributed by atoms with Gasteiger partial charge in [0.2, 0.25) is 0 Å². The van der Waals surface area contributed by atoms with Crippen LogP contribution in [-0.4, -0.2) is 12.5 Å². The molecule has 1 aliphatic rings. The van der Waals surface area contributed by atoms with Gasteiger partial charge >= 0.3 is 0 Å². The predicted octanol–water partition coefficient (Wildman–Crippen LogP) is 3.68. The lowest BCUT2D eigenvalue weighted by Crippen LogP contribution is -2.14. The maximum absolute atomic E-state index is 13.8. The number of hydrogen-bond acceptors (Lipinski definition) is 3. The van der Waals surface area contributed by atoms with E-state index in [1.54, 1.807) is 0 Å². The van der Waals surface area contributed by atoms with Crippen LogP contribution in [0.5, 0.6) is 5.75 Å². The Hall–Kier alpha value is -1.89. The van der Waals surface area contributed by atoms with E-state index in [4.69, 9.17) is 22.1 Å². The minimum atomic E-state index is -0.608. The minimum Gasteiger partial charge on any atom is -0.490 e. The van der Waals surface area contributed by atoms with Crippen molar-refractivity contribution in [1.29, 1.82) is 0 Å². The molecule has 4 nitrogen and oxygen atoms in total. The fraction of sp³-hybridized carbons (Fsp3) is 0.133. The van der Waals surface area contributed by atoms with Gasteiger partial charge in [0.15, 0.2) is 0 Å². The number of carbonyl (C=O) groups is 1. The van der Waals surface area contributed by atoms with Gasteiger partial charge in [-0.25, -0.2) is 8.78 Å². The summed E-state index contributed by atoms with van der Waals surface area (Å²) < 4.78 is 32.2. The third-order valence-electron chi connectivity index (χ3n) is 3.34. The van der Waals surface area contributed by atoms with Crippen molar-refractivity contribution in [2.24, 2.45) is 5.73 Å². The molecule has 0 radical (unpaired) electrons. The van der Waals surface area contributed by atoms with Gasteiger partial charge in [-0.3, -0.25) is 4.79 Å². The molecular weight excluding hydrogens is 349 g/mol. The van der Waals surface area contributed by atoms with Crippen LogP contribution in [0.3, 0.4) is 0 Å². The van der Waals surface area contributed by atoms with E-state index in [-0.39, 0.29) is 40.9 Å². The van der Waals surface area contributed by atoms with Crippen LogP contribution in [0.1, 0.15) is 22.0 Å². The van der Waals surface area contributed by atoms with Crippen molar-refractivity contribution >= 4 is 35.6 Å². The third-order valence-corrected chi connectivity index (χ3v) is 3.63. The first kappa shape index (κ1) is 17.5. The predicted molar refractivity (Wildman–Crippen MR) is 85.4 cm³/mol. The molecule has 0 aliphatic carbocycles. The molecule has 122 valence electrons. The Labute approximate surface area is 142 Å². The van der Waals surface area contributed by atoms with Gasteiger partial charge in [0.25, 0.3) is 5.91 Å². The second-order valence-corrected chi connectivity index (χ2v) is 5.25. The van der Waals surface area contributed by atoms with Crippen LogP contribution in [0.4, 0.5) is 14.5 Å². The third kappa shape index (κ3) is 3.24. The van der Waals surface area contributed by atoms with Crippen LogP contribution in [0.25, 0.3) is 0 Å². The van der Waals surface area contributed by atoms with Crippen molar-refractivity contribution in [3.63, 3.8) is 0 Å². The number of anilines is 1. The number of carbonyl (C=O) groups excluding carboxylic acids is 1. The Morgan fingerprint density at radius 3 is 2.65 bits per heavy atom. The first-order chi connectivity index (χ1) is 10.5. The molecule has 0 bridgehead atoms. The fourth-order valence-corrected chi connectivity index (χ4v) is 2.46. The zero-order valence-electron chi connectivity index (χ0n) is 11.6. The SMILES string of the molecule is Cl.NC1COc2c(C(=O)Nc3ccc(F)c(Cl)c3)ccc(F)c21. The first-order valence-corrected chi connectivity index (χ1v) is 6.82. The lowest BCUT2D eigenvalue weighted by molar-refractivity contribution is 0.102. The van der Waals surface area contributed by atoms with Gasteiger partial charge in [-0.1, -0.05) is 11.6 Å². The maximum atomic E-state index is 13.8. The summed E-state index contributed by atoms with van der Waals surface area (Å²) in [4.78, 5) is 12.3. The summed E-state index contributed by atoms with van der Waals surface area (Å²) in [6.45, 7) is 0.110. The van der Waals surface area contributed by atoms with E-state index >= 15 is 0 Å². The summed E-state index contributed by atoms with van der Waals surface area (Å²) in [6, 6.07) is 5.66. The molecule has 23 heavy (non-hydrogen) atoms. The Morgan fingerprint density at radius 1 is 1.26 bits per heavy atom. The number of halogens is 4. The van der Waals surface area contributed by atoms with Crippen molar-refractivity contribution in [3.8, 4) is 5.75 Å². The number of ether oxygens (including phenoxy) is 1. The highest BCUT2D eigenvalue weighted by Crippen LogP contribution is 2.36. The highest BCUT2D eigenvalue weighted by molar-refractivity contribution is 6.31. The number of rotatable bonds is 2. The number of hydrogen-bond donors (Lipinski definition) is 2. The van der Waals surface area contributed by atoms with Crippen LogP contribution in [0, 0.1) is 11.6 Å². The van der Waals surface area contributed by atoms with Crippen LogP contribution in [0.2, 0.25) is 5.02 Å². The largest absolute Gasteiger partial charge is 0.490 e. The van der Waals surface area contributed by atoms with Gasteiger partial charge in [0.1, 0.15) is 24.0 Å². The average Bonchev–Trinajstić information content (AvgIpc) is 2.86. The highest BCUT2D eigenvalue weighted by atomic mass is 35.5. The number of nitrogens with one attached hydrogen (secondary N) is 1. The van der Waals surface area contributed by atoms with Crippen LogP contribution >= 0.6 is 24.0 Å². The molecule has 0 spiro atoms. The van der Waals surface area contributed by atoms with Crippen LogP contribution < -0.4 is 15.8 Å². The monoisotopic (exact) mass is 360 g/mol. The summed E-state index contributed by atoms with van der Waals surface area (Å²) in [7, 11) is 0. The number of amides is 1. The van der Waals surface area contributed by atoms with Gasteiger partial charge in [0, 0.05) is 5.69 Å². The normalized spacial score (nSPS) is 15.4. The number of benzene rings is 2. The van der Waals surface area contributed by atoms with E-state index in [0.717, 1.165) is 6.07 Å². The van der Waals surface area contributed by atoms with Gasteiger partial charge in [-0.2, -0.15) is 0 Å². The molecule has 3 rings (SSSR count). The topological polar surface area (TPSA) is 64.3 Å². The summed E-state index contributed by atoms with van der Waals surface area (Å²) in [5.74, 6) is -1.48. The molecule has 1 atom stereocenters. The second-order valence-electron chi connectivity index (χ2n) is 4.84. The van der Waals surface area contributed by atoms with Gasteiger partial charge in [-0.05, 0) is 30.3 Å². The van der Waals surface area contributed by atoms with Crippen molar-refractivity contribution in [2.75, 3.05) is 11.9 Å². The Balaban J connectivity index is 0.00000192. The van der Waals surface area contributed by atoms with Gasteiger partial charge < -0.3 is 15.8 Å². The summed E-state index contributed by atoms with van der Waals surface area (Å²) in [5, 5.41) is 2.45. The minimum absolute atomic E-state index is 0. The lowest BCUT2D eigenvalue weighted by Gasteiger charge is -2.10. The zero-order chi connectivity index (χ0) is 15.9. The molecule has 1 heterocycles. The van der Waals surface area contributed by atoms with Gasteiger partial charge in [0.05, 0.1) is 22.2 Å². The maximum Gasteiger partial charge on any atom is 0.259 e. The van der Waals surface area contributed by atoms with Crippen molar-refractivity contribution in [2.45, 2.75) is 6.04 Å². The lowest BCUT2D eigenvalue weighted by atomic mass is 10.0. The summed E-state index contributed by atoms with van der Waals surface area (Å²) >= 11 is 5.66. The summed E-state index contributed by atoms with van der Waals surface area (Å²) in [6.07, 6.45) is 0. The van der Waals surface area contributed by atoms with Crippen molar-refractivity contribution < 1.29 is 18.3 Å². The second kappa shape index (κ2) is 6.70. The van der Waals surface area contributed by atoms with Crippen molar-refractivity contribution in [3.05, 3.63) is 58.1 Å². The molecule has 0 fully saturated rings. The Bertz CT molecular complexity index is 771. The molecule has 1 unspecified atom stereocenters. The Kier molecular flexibility index (Phi) is 5.09. The quantitative estimate of drug-likeness (QED) is 0.858. The van der Waals surface area contributed by atoms with E-state index in [1.165, 1.54) is 24.3 Å². The Morgan fingerprint density at radius 2 is 1.96 bits per heavy atom. The smallest absolute Gasteiger partial charge is 0.259 e. The molecule has 1 aliphatic heterocycles.